The van der Waals surface area contributed by atoms with Gasteiger partial charge in [0, 0.05) is 12.6 Å². The molecule has 1 fully saturated rings. The van der Waals surface area contributed by atoms with Crippen LogP contribution in [0.3, 0.4) is 0 Å². The van der Waals surface area contributed by atoms with Gasteiger partial charge in [0.25, 0.3) is 5.56 Å². The molecule has 0 spiro atoms. The molecule has 8 nitrogen and oxygen atoms in total. The van der Waals surface area contributed by atoms with Crippen molar-refractivity contribution in [1.82, 2.24) is 9.55 Å². The van der Waals surface area contributed by atoms with Crippen LogP contribution in [0.5, 0.6) is 0 Å². The number of rotatable bonds is 11. The lowest BCUT2D eigenvalue weighted by Crippen LogP contribution is -2.36. The number of terminal acetylenes is 1. The fourth-order valence-electron chi connectivity index (χ4n) is 4.06. The Morgan fingerprint density at radius 1 is 1.22 bits per heavy atom. The topological polar surface area (TPSA) is 99.6 Å². The van der Waals surface area contributed by atoms with Crippen LogP contribution in [0.4, 0.5) is 13.2 Å². The minimum Gasteiger partial charge on any atom is -0.459 e. The van der Waals surface area contributed by atoms with Crippen LogP contribution in [-0.4, -0.2) is 40.9 Å². The highest BCUT2D eigenvalue weighted by Gasteiger charge is 2.40. The van der Waals surface area contributed by atoms with Crippen molar-refractivity contribution in [3.63, 3.8) is 0 Å². The van der Waals surface area contributed by atoms with Gasteiger partial charge in [-0.3, -0.25) is 14.3 Å². The molecule has 1 aromatic heterocycles. The lowest BCUT2D eigenvalue weighted by molar-refractivity contribution is -0.139. The molecule has 0 amide bonds. The van der Waals surface area contributed by atoms with E-state index in [0.717, 1.165) is 31.2 Å². The first-order valence-electron chi connectivity index (χ1n) is 12.0. The summed E-state index contributed by atoms with van der Waals surface area (Å²) in [7, 11) is 0. The Bertz CT molecular complexity index is 1210. The molecule has 0 unspecified atom stereocenters. The molecule has 3 atom stereocenters. The van der Waals surface area contributed by atoms with Gasteiger partial charge < -0.3 is 14.2 Å². The molecule has 11 heteroatoms. The van der Waals surface area contributed by atoms with Crippen LogP contribution in [0.25, 0.3) is 0 Å². The molecule has 1 aromatic carbocycles. The summed E-state index contributed by atoms with van der Waals surface area (Å²) in [5, 5.41) is 0. The molecule has 1 N–H and O–H groups in total. The van der Waals surface area contributed by atoms with Gasteiger partial charge in [0.05, 0.1) is 11.7 Å². The van der Waals surface area contributed by atoms with E-state index in [1.54, 1.807) is 17.1 Å². The van der Waals surface area contributed by atoms with Crippen molar-refractivity contribution in [3.05, 3.63) is 68.0 Å². The predicted molar refractivity (Wildman–Crippen MR) is 128 cm³/mol. The van der Waals surface area contributed by atoms with Crippen LogP contribution in [0, 0.1) is 12.3 Å². The zero-order chi connectivity index (χ0) is 27.0. The number of hydrogen-bond donors (Lipinski definition) is 1. The molecule has 1 aliphatic heterocycles. The average molecular weight is 523 g/mol. The zero-order valence-electron chi connectivity index (χ0n) is 20.4. The number of unbranched alkanes of at least 4 members (excludes halogenated alkanes) is 3. The molecular weight excluding hydrogens is 493 g/mol. The summed E-state index contributed by atoms with van der Waals surface area (Å²) in [6, 6.07) is 7.07. The van der Waals surface area contributed by atoms with E-state index in [1.165, 1.54) is 6.42 Å². The van der Waals surface area contributed by atoms with Gasteiger partial charge >= 0.3 is 17.8 Å². The third-order valence-corrected chi connectivity index (χ3v) is 6.03. The number of aryl methyl sites for hydroxylation is 1. The molecule has 0 bridgehead atoms. The fourth-order valence-corrected chi connectivity index (χ4v) is 4.06. The second kappa shape index (κ2) is 12.7. The highest BCUT2D eigenvalue weighted by molar-refractivity contribution is 5.89. The minimum atomic E-state index is -4.97. The second-order valence-corrected chi connectivity index (χ2v) is 8.73. The molecule has 1 aliphatic rings. The summed E-state index contributed by atoms with van der Waals surface area (Å²) >= 11 is 0. The number of esters is 1. The van der Waals surface area contributed by atoms with E-state index >= 15 is 0 Å². The first kappa shape index (κ1) is 28.2. The number of nitrogens with one attached hydrogen (secondary N) is 1. The Kier molecular flexibility index (Phi) is 9.72. The van der Waals surface area contributed by atoms with Crippen molar-refractivity contribution in [2.75, 3.05) is 13.2 Å². The van der Waals surface area contributed by atoms with Gasteiger partial charge in [0.1, 0.15) is 31.1 Å². The van der Waals surface area contributed by atoms with Crippen molar-refractivity contribution >= 4 is 5.97 Å². The average Bonchev–Trinajstić information content (AvgIpc) is 3.26. The number of alkyl halides is 3. The maximum absolute atomic E-state index is 13.2. The third kappa shape index (κ3) is 7.57. The van der Waals surface area contributed by atoms with Crippen molar-refractivity contribution < 1.29 is 32.2 Å². The largest absolute Gasteiger partial charge is 0.459 e. The third-order valence-electron chi connectivity index (χ3n) is 6.03. The lowest BCUT2D eigenvalue weighted by Gasteiger charge is -2.18. The van der Waals surface area contributed by atoms with Crippen molar-refractivity contribution in [2.24, 2.45) is 0 Å². The molecule has 0 radical (unpaired) electrons. The Morgan fingerprint density at radius 3 is 2.59 bits per heavy atom. The SMILES string of the molecule is C#CCO[C@H]1C[C@H](n2cc(C(F)(F)F)c(=O)[nH]c2=O)O[C@@H]1COC(=O)c1ccc(CCCCCC)cc1. The number of benzene rings is 1. The number of carbonyl (C=O) groups is 1. The summed E-state index contributed by atoms with van der Waals surface area (Å²) in [4.78, 5) is 38.0. The van der Waals surface area contributed by atoms with Gasteiger partial charge in [-0.2, -0.15) is 13.2 Å². The normalized spacial score (nSPS) is 19.5. The maximum atomic E-state index is 13.2. The number of carbonyl (C=O) groups excluding carboxylic acids is 1. The van der Waals surface area contributed by atoms with E-state index in [0.29, 0.717) is 16.3 Å². The van der Waals surface area contributed by atoms with E-state index in [-0.39, 0.29) is 19.6 Å². The van der Waals surface area contributed by atoms with E-state index in [2.05, 4.69) is 12.8 Å². The van der Waals surface area contributed by atoms with Gasteiger partial charge in [-0.05, 0) is 30.5 Å². The fraction of sp³-hybridized carbons (Fsp3) is 0.500. The molecule has 1 saturated heterocycles. The Labute approximate surface area is 211 Å². The second-order valence-electron chi connectivity index (χ2n) is 8.73. The van der Waals surface area contributed by atoms with E-state index < -0.39 is 47.4 Å². The van der Waals surface area contributed by atoms with Crippen LogP contribution in [0.2, 0.25) is 0 Å². The number of ether oxygens (including phenoxy) is 3. The summed E-state index contributed by atoms with van der Waals surface area (Å²) in [5.74, 6) is 1.67. The van der Waals surface area contributed by atoms with Gasteiger partial charge in [-0.25, -0.2) is 9.59 Å². The van der Waals surface area contributed by atoms with Crippen LogP contribution in [-0.2, 0) is 26.8 Å². The van der Waals surface area contributed by atoms with Crippen molar-refractivity contribution in [2.45, 2.75) is 70.1 Å². The standard InChI is InChI=1S/C26H29F3N2O6/c1-3-5-6-7-8-17-9-11-18(12-10-17)24(33)36-16-21-20(35-13-4-2)14-22(37-21)31-15-19(26(27,28)29)23(32)30-25(31)34/h2,9-12,15,20-22H,3,5-8,13-14,16H2,1H3,(H,30,32,34)/t20-,21+,22+/m0/s1. The van der Waals surface area contributed by atoms with Gasteiger partial charge in [-0.1, -0.05) is 44.2 Å². The number of hydrogen-bond acceptors (Lipinski definition) is 6. The Hall–Kier alpha value is -3.36. The van der Waals surface area contributed by atoms with Gasteiger partial charge in [-0.15, -0.1) is 6.42 Å². The number of aromatic amines is 1. The highest BCUT2D eigenvalue weighted by Crippen LogP contribution is 2.32. The molecule has 2 aromatic rings. The molecule has 0 saturated carbocycles. The summed E-state index contributed by atoms with van der Waals surface area (Å²) in [5.41, 5.74) is -2.72. The number of aromatic nitrogens is 2. The summed E-state index contributed by atoms with van der Waals surface area (Å²) in [6.07, 6.45) is 3.20. The van der Waals surface area contributed by atoms with Crippen LogP contribution in [0.15, 0.2) is 40.1 Å². The summed E-state index contributed by atoms with van der Waals surface area (Å²) in [6.45, 7) is 1.74. The monoisotopic (exact) mass is 522 g/mol. The van der Waals surface area contributed by atoms with Crippen LogP contribution >= 0.6 is 0 Å². The zero-order valence-corrected chi connectivity index (χ0v) is 20.4. The number of H-pyrrole nitrogens is 1. The number of halogens is 3. The minimum absolute atomic E-state index is 0.0557. The first-order chi connectivity index (χ1) is 17.6. The quantitative estimate of drug-likeness (QED) is 0.274. The molecular formula is C26H29F3N2O6. The van der Waals surface area contributed by atoms with Crippen molar-refractivity contribution in [1.29, 1.82) is 0 Å². The van der Waals surface area contributed by atoms with Crippen molar-refractivity contribution in [3.8, 4) is 12.3 Å². The molecule has 200 valence electrons. The van der Waals surface area contributed by atoms with E-state index in [4.69, 9.17) is 20.6 Å². The van der Waals surface area contributed by atoms with Gasteiger partial charge in [0.15, 0.2) is 0 Å². The lowest BCUT2D eigenvalue weighted by atomic mass is 10.0. The smallest absolute Gasteiger partial charge is 0.423 e. The Balaban J connectivity index is 1.67. The molecule has 2 heterocycles. The van der Waals surface area contributed by atoms with Gasteiger partial charge in [0.2, 0.25) is 0 Å². The molecule has 37 heavy (non-hydrogen) atoms. The molecule has 0 aliphatic carbocycles. The molecule has 3 rings (SSSR count). The highest BCUT2D eigenvalue weighted by atomic mass is 19.4. The Morgan fingerprint density at radius 2 is 1.95 bits per heavy atom. The van der Waals surface area contributed by atoms with E-state index in [9.17, 15) is 27.6 Å². The first-order valence-corrected chi connectivity index (χ1v) is 12.0. The predicted octanol–water partition coefficient (Wildman–Crippen LogP) is 3.84. The van der Waals surface area contributed by atoms with Crippen LogP contribution in [0.1, 0.15) is 66.7 Å². The number of nitrogens with zero attached hydrogens (tertiary/aromatic N) is 1. The summed E-state index contributed by atoms with van der Waals surface area (Å²) < 4.78 is 56.8. The van der Waals surface area contributed by atoms with E-state index in [1.807, 2.05) is 12.1 Å². The van der Waals surface area contributed by atoms with Crippen LogP contribution < -0.4 is 11.2 Å². The maximum Gasteiger partial charge on any atom is 0.423 e.